The van der Waals surface area contributed by atoms with E-state index in [0.717, 1.165) is 36.7 Å². The Morgan fingerprint density at radius 3 is 2.75 bits per heavy atom. The Morgan fingerprint density at radius 2 is 2.04 bits per heavy atom. The molecule has 24 heavy (non-hydrogen) atoms. The Morgan fingerprint density at radius 1 is 1.29 bits per heavy atom. The number of rotatable bonds is 6. The quantitative estimate of drug-likeness (QED) is 0.381. The van der Waals surface area contributed by atoms with Crippen LogP contribution in [0.4, 0.5) is 0 Å². The number of hydrogen-bond acceptors (Lipinski definition) is 3. The van der Waals surface area contributed by atoms with Gasteiger partial charge in [-0.3, -0.25) is 4.99 Å². The summed E-state index contributed by atoms with van der Waals surface area (Å²) in [7, 11) is 0. The van der Waals surface area contributed by atoms with E-state index in [1.165, 1.54) is 0 Å². The summed E-state index contributed by atoms with van der Waals surface area (Å²) in [6, 6.07) is 4.32. The first-order valence-electron chi connectivity index (χ1n) is 8.26. The van der Waals surface area contributed by atoms with Gasteiger partial charge in [-0.2, -0.15) is 0 Å². The number of halogens is 2. The van der Waals surface area contributed by atoms with Crippen LogP contribution in [0.5, 0.6) is 11.5 Å². The monoisotopic (exact) mass is 467 g/mol. The molecule has 0 saturated heterocycles. The van der Waals surface area contributed by atoms with Crippen LogP contribution in [-0.2, 0) is 6.42 Å². The highest BCUT2D eigenvalue weighted by atomic mass is 127. The van der Waals surface area contributed by atoms with Gasteiger partial charge in [-0.05, 0) is 44.4 Å². The van der Waals surface area contributed by atoms with Gasteiger partial charge in [0.15, 0.2) is 17.5 Å². The molecule has 1 atom stereocenters. The third-order valence-corrected chi connectivity index (χ3v) is 3.95. The second-order valence-corrected chi connectivity index (χ2v) is 5.97. The molecule has 0 aliphatic carbocycles. The van der Waals surface area contributed by atoms with Crippen molar-refractivity contribution in [3.63, 3.8) is 0 Å². The number of aliphatic imine (C=N–C) groups is 1. The molecule has 0 fully saturated rings. The summed E-state index contributed by atoms with van der Waals surface area (Å²) in [5, 5.41) is 7.25. The minimum absolute atomic E-state index is 0. The van der Waals surface area contributed by atoms with E-state index < -0.39 is 0 Å². The lowest BCUT2D eigenvalue weighted by molar-refractivity contribution is 0.171. The first-order valence-corrected chi connectivity index (χ1v) is 8.64. The van der Waals surface area contributed by atoms with E-state index >= 15 is 0 Å². The number of benzene rings is 1. The maximum Gasteiger partial charge on any atom is 0.191 e. The molecule has 5 nitrogen and oxygen atoms in total. The van der Waals surface area contributed by atoms with Crippen LogP contribution in [0, 0.1) is 0 Å². The van der Waals surface area contributed by atoms with E-state index in [1.54, 1.807) is 0 Å². The SMILES string of the molecule is CCNC(=NCCc1cc(Cl)c2c(c1)OCCO2)NC(C)CC.I. The Kier molecular flexibility index (Phi) is 9.58. The van der Waals surface area contributed by atoms with Crippen LogP contribution < -0.4 is 20.1 Å². The van der Waals surface area contributed by atoms with E-state index in [0.29, 0.717) is 36.6 Å². The zero-order valence-corrected chi connectivity index (χ0v) is 17.6. The van der Waals surface area contributed by atoms with Crippen LogP contribution in [-0.4, -0.2) is 38.3 Å². The van der Waals surface area contributed by atoms with Gasteiger partial charge in [-0.1, -0.05) is 18.5 Å². The number of hydrogen-bond donors (Lipinski definition) is 2. The van der Waals surface area contributed by atoms with Crippen molar-refractivity contribution >= 4 is 41.5 Å². The summed E-state index contributed by atoms with van der Waals surface area (Å²) in [6.07, 6.45) is 1.86. The molecule has 0 saturated carbocycles. The molecule has 1 aromatic carbocycles. The molecular formula is C17H27ClIN3O2. The van der Waals surface area contributed by atoms with Crippen molar-refractivity contribution in [1.29, 1.82) is 0 Å². The number of ether oxygens (including phenoxy) is 2. The van der Waals surface area contributed by atoms with E-state index in [9.17, 15) is 0 Å². The summed E-state index contributed by atoms with van der Waals surface area (Å²) >= 11 is 6.26. The maximum atomic E-state index is 6.26. The average molecular weight is 468 g/mol. The van der Waals surface area contributed by atoms with E-state index in [2.05, 4.69) is 36.4 Å². The molecule has 2 N–H and O–H groups in total. The van der Waals surface area contributed by atoms with Crippen LogP contribution >= 0.6 is 35.6 Å². The number of nitrogens with one attached hydrogen (secondary N) is 2. The minimum Gasteiger partial charge on any atom is -0.486 e. The average Bonchev–Trinajstić information content (AvgIpc) is 2.55. The van der Waals surface area contributed by atoms with Crippen molar-refractivity contribution in [2.24, 2.45) is 4.99 Å². The van der Waals surface area contributed by atoms with Crippen LogP contribution in [0.2, 0.25) is 5.02 Å². The van der Waals surface area contributed by atoms with Gasteiger partial charge in [-0.25, -0.2) is 0 Å². The van der Waals surface area contributed by atoms with Gasteiger partial charge in [0.25, 0.3) is 0 Å². The number of fused-ring (bicyclic) bond motifs is 1. The Hall–Kier alpha value is -0.890. The molecule has 1 aromatic rings. The first-order chi connectivity index (χ1) is 11.1. The van der Waals surface area contributed by atoms with Crippen molar-refractivity contribution in [2.75, 3.05) is 26.3 Å². The van der Waals surface area contributed by atoms with E-state index in [-0.39, 0.29) is 24.0 Å². The molecular weight excluding hydrogens is 441 g/mol. The molecule has 0 bridgehead atoms. The fraction of sp³-hybridized carbons (Fsp3) is 0.588. The van der Waals surface area contributed by atoms with Crippen molar-refractivity contribution in [3.05, 3.63) is 22.7 Å². The second-order valence-electron chi connectivity index (χ2n) is 5.57. The maximum absolute atomic E-state index is 6.26. The molecule has 1 aliphatic rings. The largest absolute Gasteiger partial charge is 0.486 e. The van der Waals surface area contributed by atoms with Crippen LogP contribution in [0.3, 0.4) is 0 Å². The predicted octanol–water partition coefficient (Wildman–Crippen LogP) is 3.63. The van der Waals surface area contributed by atoms with Crippen LogP contribution in [0.15, 0.2) is 17.1 Å². The van der Waals surface area contributed by atoms with Gasteiger partial charge in [0, 0.05) is 19.1 Å². The summed E-state index contributed by atoms with van der Waals surface area (Å²) in [6.45, 7) is 9.00. The van der Waals surface area contributed by atoms with Gasteiger partial charge >= 0.3 is 0 Å². The number of guanidine groups is 1. The van der Waals surface area contributed by atoms with E-state index in [4.69, 9.17) is 21.1 Å². The Labute approximate surface area is 166 Å². The van der Waals surface area contributed by atoms with Crippen LogP contribution in [0.1, 0.15) is 32.8 Å². The smallest absolute Gasteiger partial charge is 0.191 e. The molecule has 0 spiro atoms. The van der Waals surface area contributed by atoms with Crippen molar-refractivity contribution in [2.45, 2.75) is 39.7 Å². The zero-order valence-electron chi connectivity index (χ0n) is 14.5. The molecule has 0 amide bonds. The molecule has 1 aliphatic heterocycles. The first kappa shape index (κ1) is 21.2. The van der Waals surface area contributed by atoms with Gasteiger partial charge < -0.3 is 20.1 Å². The predicted molar refractivity (Wildman–Crippen MR) is 110 cm³/mol. The lowest BCUT2D eigenvalue weighted by Crippen LogP contribution is -2.42. The second kappa shape index (κ2) is 10.9. The lowest BCUT2D eigenvalue weighted by Gasteiger charge is -2.20. The molecule has 1 unspecified atom stereocenters. The van der Waals surface area contributed by atoms with Crippen molar-refractivity contribution in [3.8, 4) is 11.5 Å². The summed E-state index contributed by atoms with van der Waals surface area (Å²) < 4.78 is 11.1. The Balaban J connectivity index is 0.00000288. The van der Waals surface area contributed by atoms with E-state index in [1.807, 2.05) is 12.1 Å². The minimum atomic E-state index is 0. The van der Waals surface area contributed by atoms with Gasteiger partial charge in [0.05, 0.1) is 5.02 Å². The summed E-state index contributed by atoms with van der Waals surface area (Å²) in [5.41, 5.74) is 1.10. The molecule has 0 radical (unpaired) electrons. The highest BCUT2D eigenvalue weighted by Crippen LogP contribution is 2.38. The van der Waals surface area contributed by atoms with Gasteiger partial charge in [0.1, 0.15) is 13.2 Å². The molecule has 136 valence electrons. The highest BCUT2D eigenvalue weighted by Gasteiger charge is 2.16. The standard InChI is InChI=1S/C17H26ClN3O2.HI/c1-4-12(3)21-17(19-5-2)20-7-6-13-10-14(18)16-15(11-13)22-8-9-23-16;/h10-12H,4-9H2,1-3H3,(H2,19,20,21);1H. The highest BCUT2D eigenvalue weighted by molar-refractivity contribution is 14.0. The summed E-state index contributed by atoms with van der Waals surface area (Å²) in [5.74, 6) is 2.23. The van der Waals surface area contributed by atoms with Crippen LogP contribution in [0.25, 0.3) is 0 Å². The van der Waals surface area contributed by atoms with Gasteiger partial charge in [-0.15, -0.1) is 24.0 Å². The van der Waals surface area contributed by atoms with Crippen molar-refractivity contribution in [1.82, 2.24) is 10.6 Å². The fourth-order valence-electron chi connectivity index (χ4n) is 2.26. The topological polar surface area (TPSA) is 54.9 Å². The molecule has 1 heterocycles. The molecule has 7 heteroatoms. The zero-order chi connectivity index (χ0) is 16.7. The number of nitrogens with zero attached hydrogens (tertiary/aromatic N) is 1. The molecule has 2 rings (SSSR count). The third-order valence-electron chi connectivity index (χ3n) is 3.67. The summed E-state index contributed by atoms with van der Waals surface area (Å²) in [4.78, 5) is 4.62. The fourth-order valence-corrected chi connectivity index (χ4v) is 2.55. The lowest BCUT2D eigenvalue weighted by atomic mass is 10.1. The Bertz CT molecular complexity index is 555. The normalized spacial score (nSPS) is 14.6. The third kappa shape index (κ3) is 6.20. The molecule has 0 aromatic heterocycles. The van der Waals surface area contributed by atoms with Gasteiger partial charge in [0.2, 0.25) is 0 Å². The van der Waals surface area contributed by atoms with Crippen molar-refractivity contribution < 1.29 is 9.47 Å².